The van der Waals surface area contributed by atoms with E-state index in [1.165, 1.54) is 19.3 Å². The Balaban J connectivity index is 1.35. The highest BCUT2D eigenvalue weighted by atomic mass is 16.5. The second kappa shape index (κ2) is 7.57. The number of nitrogens with one attached hydrogen (secondary N) is 1. The molecule has 6 heteroatoms. The number of amides is 2. The molecule has 0 aliphatic heterocycles. The van der Waals surface area contributed by atoms with Gasteiger partial charge in [0.15, 0.2) is 0 Å². The molecule has 0 heterocycles. The third kappa shape index (κ3) is 3.91. The Hall–Kier alpha value is -2.37. The monoisotopic (exact) mass is 384 g/mol. The maximum atomic E-state index is 13.1. The summed E-state index contributed by atoms with van der Waals surface area (Å²) in [6, 6.07) is 8.29. The van der Waals surface area contributed by atoms with Crippen molar-refractivity contribution in [2.24, 2.45) is 28.9 Å². The van der Waals surface area contributed by atoms with Gasteiger partial charge in [0.2, 0.25) is 11.8 Å². The lowest BCUT2D eigenvalue weighted by molar-refractivity contribution is -0.151. The summed E-state index contributed by atoms with van der Waals surface area (Å²) in [4.78, 5) is 37.2. The lowest BCUT2D eigenvalue weighted by Gasteiger charge is -2.55. The number of ether oxygens (including phenoxy) is 1. The van der Waals surface area contributed by atoms with Gasteiger partial charge in [-0.1, -0.05) is 30.3 Å². The summed E-state index contributed by atoms with van der Waals surface area (Å²) in [6.45, 7) is 0.133. The number of nitrogens with two attached hydrogens (primary N) is 1. The predicted octanol–water partition coefficient (Wildman–Crippen LogP) is 2.31. The van der Waals surface area contributed by atoms with Crippen molar-refractivity contribution in [3.63, 3.8) is 0 Å². The van der Waals surface area contributed by atoms with E-state index in [1.54, 1.807) is 0 Å². The molecule has 1 atom stereocenters. The van der Waals surface area contributed by atoms with Gasteiger partial charge in [0.1, 0.15) is 12.6 Å². The minimum atomic E-state index is -1.02. The summed E-state index contributed by atoms with van der Waals surface area (Å²) in [5, 5.41) is 2.79. The van der Waals surface area contributed by atoms with E-state index in [9.17, 15) is 14.4 Å². The van der Waals surface area contributed by atoms with E-state index in [1.807, 2.05) is 30.3 Å². The molecule has 4 aliphatic rings. The second-order valence-corrected chi connectivity index (χ2v) is 8.98. The zero-order valence-electron chi connectivity index (χ0n) is 16.1. The van der Waals surface area contributed by atoms with Crippen LogP contribution < -0.4 is 11.1 Å². The molecule has 4 saturated carbocycles. The molecular formula is C22H28N2O4. The summed E-state index contributed by atoms with van der Waals surface area (Å²) in [5.41, 5.74) is 5.96. The topological polar surface area (TPSA) is 98.5 Å². The number of hydrogen-bond acceptors (Lipinski definition) is 4. The van der Waals surface area contributed by atoms with Crippen LogP contribution in [0.5, 0.6) is 0 Å². The smallest absolute Gasteiger partial charge is 0.308 e. The Morgan fingerprint density at radius 3 is 2.14 bits per heavy atom. The number of rotatable bonds is 7. The van der Waals surface area contributed by atoms with Crippen molar-refractivity contribution in [1.82, 2.24) is 5.32 Å². The first-order chi connectivity index (χ1) is 13.4. The van der Waals surface area contributed by atoms with E-state index in [4.69, 9.17) is 10.5 Å². The van der Waals surface area contributed by atoms with Crippen molar-refractivity contribution in [2.45, 2.75) is 57.6 Å². The van der Waals surface area contributed by atoms with Crippen molar-refractivity contribution in [1.29, 1.82) is 0 Å². The maximum Gasteiger partial charge on any atom is 0.308 e. The molecular weight excluding hydrogens is 356 g/mol. The Morgan fingerprint density at radius 2 is 1.61 bits per heavy atom. The van der Waals surface area contributed by atoms with Crippen LogP contribution in [0.25, 0.3) is 0 Å². The van der Waals surface area contributed by atoms with Gasteiger partial charge in [-0.3, -0.25) is 14.4 Å². The van der Waals surface area contributed by atoms with Gasteiger partial charge in [0.05, 0.1) is 6.42 Å². The first kappa shape index (κ1) is 19.0. The van der Waals surface area contributed by atoms with E-state index in [2.05, 4.69) is 5.32 Å². The number of hydrogen-bond donors (Lipinski definition) is 2. The maximum absolute atomic E-state index is 13.1. The van der Waals surface area contributed by atoms with E-state index in [0.717, 1.165) is 24.8 Å². The molecule has 3 N–H and O–H groups in total. The Morgan fingerprint density at radius 1 is 1.04 bits per heavy atom. The molecule has 1 aromatic carbocycles. The minimum Gasteiger partial charge on any atom is -0.461 e. The van der Waals surface area contributed by atoms with Crippen LogP contribution in [0.15, 0.2) is 30.3 Å². The molecule has 0 saturated heterocycles. The molecule has 4 fully saturated rings. The van der Waals surface area contributed by atoms with Gasteiger partial charge in [0.25, 0.3) is 0 Å². The lowest BCUT2D eigenvalue weighted by Crippen LogP contribution is -2.57. The molecule has 150 valence electrons. The average Bonchev–Trinajstić information content (AvgIpc) is 2.65. The minimum absolute atomic E-state index is 0.105. The SMILES string of the molecule is NC(=O)[C@@H](CC(=O)OCc1ccccc1)NC(=O)C12CC3CC(CC(C3)C1)C2. The molecule has 5 rings (SSSR count). The van der Waals surface area contributed by atoms with Crippen molar-refractivity contribution in [2.75, 3.05) is 0 Å². The number of carbonyl (C=O) groups excluding carboxylic acids is 3. The fourth-order valence-corrected chi connectivity index (χ4v) is 5.89. The molecule has 0 radical (unpaired) electrons. The van der Waals surface area contributed by atoms with E-state index >= 15 is 0 Å². The van der Waals surface area contributed by atoms with Gasteiger partial charge in [-0.15, -0.1) is 0 Å². The molecule has 28 heavy (non-hydrogen) atoms. The van der Waals surface area contributed by atoms with Crippen LogP contribution >= 0.6 is 0 Å². The van der Waals surface area contributed by atoms with Gasteiger partial charge in [-0.25, -0.2) is 0 Å². The summed E-state index contributed by atoms with van der Waals surface area (Å²) < 4.78 is 5.24. The quantitative estimate of drug-likeness (QED) is 0.705. The van der Waals surface area contributed by atoms with Crippen molar-refractivity contribution < 1.29 is 19.1 Å². The predicted molar refractivity (Wildman–Crippen MR) is 103 cm³/mol. The van der Waals surface area contributed by atoms with Crippen molar-refractivity contribution in [3.8, 4) is 0 Å². The molecule has 0 aromatic heterocycles. The van der Waals surface area contributed by atoms with Crippen LogP contribution in [0.1, 0.15) is 50.5 Å². The van der Waals surface area contributed by atoms with Gasteiger partial charge >= 0.3 is 5.97 Å². The number of esters is 1. The van der Waals surface area contributed by atoms with Crippen molar-refractivity contribution >= 4 is 17.8 Å². The Bertz CT molecular complexity index is 726. The van der Waals surface area contributed by atoms with Crippen LogP contribution in [0.2, 0.25) is 0 Å². The van der Waals surface area contributed by atoms with Crippen LogP contribution in [-0.4, -0.2) is 23.8 Å². The van der Waals surface area contributed by atoms with Crippen molar-refractivity contribution in [3.05, 3.63) is 35.9 Å². The molecule has 4 bridgehead atoms. The molecule has 4 aliphatic carbocycles. The number of benzene rings is 1. The molecule has 0 spiro atoms. The lowest BCUT2D eigenvalue weighted by atomic mass is 9.49. The van der Waals surface area contributed by atoms with Gasteiger partial charge in [0, 0.05) is 5.41 Å². The zero-order chi connectivity index (χ0) is 19.7. The third-order valence-electron chi connectivity index (χ3n) is 6.78. The fraction of sp³-hybridized carbons (Fsp3) is 0.591. The summed E-state index contributed by atoms with van der Waals surface area (Å²) in [5.74, 6) is 0.527. The van der Waals surface area contributed by atoms with E-state index < -0.39 is 17.9 Å². The molecule has 6 nitrogen and oxygen atoms in total. The average molecular weight is 384 g/mol. The first-order valence-electron chi connectivity index (χ1n) is 10.2. The Labute approximate surface area is 165 Å². The fourth-order valence-electron chi connectivity index (χ4n) is 5.89. The van der Waals surface area contributed by atoms with Crippen LogP contribution in [0.3, 0.4) is 0 Å². The van der Waals surface area contributed by atoms with E-state index in [-0.39, 0.29) is 24.3 Å². The summed E-state index contributed by atoms with van der Waals surface area (Å²) in [7, 11) is 0. The van der Waals surface area contributed by atoms with E-state index in [0.29, 0.717) is 17.8 Å². The molecule has 2 amide bonds. The van der Waals surface area contributed by atoms with Gasteiger partial charge < -0.3 is 15.8 Å². The largest absolute Gasteiger partial charge is 0.461 e. The highest BCUT2D eigenvalue weighted by Gasteiger charge is 2.54. The highest BCUT2D eigenvalue weighted by Crippen LogP contribution is 2.60. The third-order valence-corrected chi connectivity index (χ3v) is 6.78. The zero-order valence-corrected chi connectivity index (χ0v) is 16.1. The normalized spacial score (nSPS) is 31.2. The summed E-state index contributed by atoms with van der Waals surface area (Å²) >= 11 is 0. The highest BCUT2D eigenvalue weighted by molar-refractivity contribution is 5.92. The molecule has 1 aromatic rings. The van der Waals surface area contributed by atoms with Crippen LogP contribution in [-0.2, 0) is 25.7 Å². The number of primary amides is 1. The van der Waals surface area contributed by atoms with Crippen LogP contribution in [0, 0.1) is 23.2 Å². The summed E-state index contributed by atoms with van der Waals surface area (Å²) in [6.07, 6.45) is 6.16. The van der Waals surface area contributed by atoms with Crippen LogP contribution in [0.4, 0.5) is 0 Å². The number of carbonyl (C=O) groups is 3. The standard InChI is InChI=1S/C22H28N2O4/c23-20(26)18(9-19(25)28-13-14-4-2-1-3-5-14)24-21(27)22-10-15-6-16(11-22)8-17(7-15)12-22/h1-5,15-18H,6-13H2,(H2,23,26)(H,24,27)/t15?,16?,17?,18-,22?/m1/s1. The molecule has 0 unspecified atom stereocenters. The first-order valence-corrected chi connectivity index (χ1v) is 10.2. The van der Waals surface area contributed by atoms with Gasteiger partial charge in [-0.2, -0.15) is 0 Å². The second-order valence-electron chi connectivity index (χ2n) is 8.98. The van der Waals surface area contributed by atoms with Gasteiger partial charge in [-0.05, 0) is 61.8 Å². The Kier molecular flexibility index (Phi) is 5.13.